The zero-order valence-electron chi connectivity index (χ0n) is 58.2. The van der Waals surface area contributed by atoms with Gasteiger partial charge in [-0.1, -0.05) is 304 Å². The van der Waals surface area contributed by atoms with Gasteiger partial charge in [0.25, 0.3) is 0 Å². The van der Waals surface area contributed by atoms with Crippen molar-refractivity contribution in [3.63, 3.8) is 0 Å². The minimum absolute atomic E-state index is 0.0345. The summed E-state index contributed by atoms with van der Waals surface area (Å²) in [5, 5.41) is 3.07. The molecule has 0 heterocycles. The second kappa shape index (κ2) is 66.6. The molecule has 508 valence electrons. The molecule has 0 rings (SSSR count). The number of quaternary nitrogens is 1. The molecule has 0 aliphatic heterocycles. The maximum atomic E-state index is 13.6. The number of unbranched alkanes of at least 4 members (excludes halogenated alkanes) is 34. The number of carbonyl (C=O) groups excluding carboxylic acids is 2. The average molecular weight is 1250 g/mol. The number of ether oxygens (including phenoxy) is 1. The first-order chi connectivity index (χ1) is 42.9. The zero-order valence-corrected chi connectivity index (χ0v) is 59.1. The minimum atomic E-state index is -4.46. The quantitative estimate of drug-likeness (QED) is 0.0205. The summed E-state index contributed by atoms with van der Waals surface area (Å²) in [5.41, 5.74) is 0. The van der Waals surface area contributed by atoms with E-state index in [4.69, 9.17) is 13.8 Å². The number of hydrogen-bond acceptors (Lipinski definition) is 6. The van der Waals surface area contributed by atoms with Gasteiger partial charge in [0.1, 0.15) is 19.3 Å². The molecular weight excluding hydrogens is 1110 g/mol. The molecule has 0 saturated carbocycles. The fourth-order valence-electron chi connectivity index (χ4n) is 10.3. The number of rotatable bonds is 66. The van der Waals surface area contributed by atoms with E-state index in [9.17, 15) is 19.0 Å². The van der Waals surface area contributed by atoms with E-state index in [1.54, 1.807) is 0 Å². The van der Waals surface area contributed by atoms with Gasteiger partial charge in [-0.3, -0.25) is 18.6 Å². The summed E-state index contributed by atoms with van der Waals surface area (Å²) in [6.45, 7) is 6.89. The third-order valence-electron chi connectivity index (χ3n) is 15.9. The molecule has 2 N–H and O–H groups in total. The molecule has 10 heteroatoms. The predicted octanol–water partition coefficient (Wildman–Crippen LogP) is 23.6. The number of nitrogens with zero attached hydrogens (tertiary/aromatic N) is 1. The van der Waals surface area contributed by atoms with Crippen LogP contribution in [-0.2, 0) is 27.9 Å². The molecule has 0 saturated heterocycles. The van der Waals surface area contributed by atoms with Crippen LogP contribution in [0.2, 0.25) is 0 Å². The van der Waals surface area contributed by atoms with Crippen LogP contribution >= 0.6 is 7.82 Å². The van der Waals surface area contributed by atoms with Crippen LogP contribution in [0.15, 0.2) is 109 Å². The van der Waals surface area contributed by atoms with Gasteiger partial charge < -0.3 is 19.4 Å². The molecule has 0 aromatic rings. The first-order valence-electron chi connectivity index (χ1n) is 36.7. The van der Waals surface area contributed by atoms with Crippen LogP contribution < -0.4 is 5.32 Å². The molecular formula is C78H140N2O7P+. The molecule has 0 radical (unpaired) electrons. The maximum absolute atomic E-state index is 13.6. The van der Waals surface area contributed by atoms with Crippen molar-refractivity contribution in [2.45, 2.75) is 335 Å². The lowest BCUT2D eigenvalue weighted by Gasteiger charge is -2.27. The van der Waals surface area contributed by atoms with Crippen molar-refractivity contribution in [1.82, 2.24) is 5.32 Å². The summed E-state index contributed by atoms with van der Waals surface area (Å²) in [5.74, 6) is -0.511. The van der Waals surface area contributed by atoms with E-state index < -0.39 is 20.0 Å². The number of carbonyl (C=O) groups is 2. The topological polar surface area (TPSA) is 111 Å². The lowest BCUT2D eigenvalue weighted by atomic mass is 10.0. The molecule has 3 atom stereocenters. The van der Waals surface area contributed by atoms with Gasteiger partial charge in [-0.15, -0.1) is 0 Å². The highest BCUT2D eigenvalue weighted by molar-refractivity contribution is 7.47. The highest BCUT2D eigenvalue weighted by atomic mass is 31.2. The van der Waals surface area contributed by atoms with Crippen molar-refractivity contribution >= 4 is 19.7 Å². The summed E-state index contributed by atoms with van der Waals surface area (Å²) in [6.07, 6.45) is 92.4. The van der Waals surface area contributed by atoms with E-state index in [1.165, 1.54) is 173 Å². The average Bonchev–Trinajstić information content (AvgIpc) is 3.71. The first kappa shape index (κ1) is 84.7. The number of phosphoric acid groups is 1. The predicted molar refractivity (Wildman–Crippen MR) is 383 cm³/mol. The van der Waals surface area contributed by atoms with Crippen molar-refractivity contribution in [2.24, 2.45) is 0 Å². The molecule has 1 amide bonds. The van der Waals surface area contributed by atoms with Crippen LogP contribution in [0.3, 0.4) is 0 Å². The van der Waals surface area contributed by atoms with Crippen molar-refractivity contribution in [2.75, 3.05) is 40.9 Å². The number of amides is 1. The monoisotopic (exact) mass is 1250 g/mol. The summed E-state index contributed by atoms with van der Waals surface area (Å²) in [6, 6.07) is -0.860. The van der Waals surface area contributed by atoms with E-state index in [0.29, 0.717) is 17.4 Å². The smallest absolute Gasteiger partial charge is 0.456 e. The zero-order chi connectivity index (χ0) is 64.2. The van der Waals surface area contributed by atoms with Gasteiger partial charge in [-0.2, -0.15) is 0 Å². The van der Waals surface area contributed by atoms with Gasteiger partial charge in [0.15, 0.2) is 0 Å². The molecule has 0 fully saturated rings. The molecule has 88 heavy (non-hydrogen) atoms. The second-order valence-electron chi connectivity index (χ2n) is 25.7. The van der Waals surface area contributed by atoms with Crippen molar-refractivity contribution in [3.8, 4) is 0 Å². The van der Waals surface area contributed by atoms with Gasteiger partial charge >= 0.3 is 13.8 Å². The van der Waals surface area contributed by atoms with Crippen LogP contribution in [0.1, 0.15) is 323 Å². The van der Waals surface area contributed by atoms with Gasteiger partial charge in [0, 0.05) is 12.8 Å². The molecule has 0 aromatic carbocycles. The third-order valence-corrected chi connectivity index (χ3v) is 16.9. The fourth-order valence-corrected chi connectivity index (χ4v) is 11.1. The van der Waals surface area contributed by atoms with Crippen molar-refractivity contribution in [1.29, 1.82) is 0 Å². The highest BCUT2D eigenvalue weighted by Crippen LogP contribution is 2.43. The summed E-state index contributed by atoms with van der Waals surface area (Å²) in [4.78, 5) is 38.0. The highest BCUT2D eigenvalue weighted by Gasteiger charge is 2.30. The van der Waals surface area contributed by atoms with E-state index >= 15 is 0 Å². The molecule has 9 nitrogen and oxygen atoms in total. The normalized spacial score (nSPS) is 14.1. The number of esters is 1. The standard InChI is InChI=1S/C78H139N2O7P/c1-7-10-13-16-19-22-25-28-30-32-34-36-38-40-42-44-46-48-50-52-55-58-61-64-67-70-77(81)79-75(74-86-88(83,84)85-73-72-80(4,5)6)76(69-66-63-60-57-54-27-24-21-18-15-12-9-3)87-78(82)71-68-65-62-59-56-53-51-49-47-45-43-41-39-37-35-33-31-29-26-23-20-17-14-11-8-2/h10,13,19-20,22-23,28-31,34-37,40,42,66,69,75-76H,7-9,11-12,14-18,21,24-27,32-33,38-39,41,43-65,67-68,70-74H2,1-6H3,(H-,79,81,83,84)/p+1/b13-10-,22-19-,23-20-,30-28-,31-29-,36-34-,37-35-,42-40-,69-66+. The molecule has 0 aromatic heterocycles. The van der Waals surface area contributed by atoms with Gasteiger partial charge in [0.05, 0.1) is 33.8 Å². The largest absolute Gasteiger partial charge is 0.472 e. The van der Waals surface area contributed by atoms with Gasteiger partial charge in [0.2, 0.25) is 5.91 Å². The van der Waals surface area contributed by atoms with Crippen LogP contribution in [0.4, 0.5) is 0 Å². The maximum Gasteiger partial charge on any atom is 0.472 e. The molecule has 3 unspecified atom stereocenters. The summed E-state index contributed by atoms with van der Waals surface area (Å²) in [7, 11) is 1.49. The number of phosphoric ester groups is 1. The number of hydrogen-bond donors (Lipinski definition) is 2. The van der Waals surface area contributed by atoms with E-state index in [-0.39, 0.29) is 31.5 Å². The SMILES string of the molecule is CC/C=C\C/C=C\C/C=C\C/C=C\C/C=C\CCCCCCCCCCCC(=O)NC(COP(=O)(O)OCC[N+](C)(C)C)C(/C=C/CCCCCCCCCCCC)OC(=O)CCCCCCCCCCCCCC/C=C\C/C=C\C/C=C\CCCCC. The molecule has 0 bridgehead atoms. The van der Waals surface area contributed by atoms with Gasteiger partial charge in [-0.05, 0) is 115 Å². The molecule has 0 aliphatic rings. The van der Waals surface area contributed by atoms with Crippen LogP contribution in [0.25, 0.3) is 0 Å². The second-order valence-corrected chi connectivity index (χ2v) is 27.2. The number of nitrogens with one attached hydrogen (secondary N) is 1. The Labute approximate surface area is 544 Å². The Hall–Kier alpha value is -3.33. The Balaban J connectivity index is 5.05. The van der Waals surface area contributed by atoms with Crippen LogP contribution in [0, 0.1) is 0 Å². The Morgan fingerprint density at radius 1 is 0.409 bits per heavy atom. The Kier molecular flexibility index (Phi) is 64.1. The Morgan fingerprint density at radius 3 is 1.11 bits per heavy atom. The molecule has 0 aliphatic carbocycles. The van der Waals surface area contributed by atoms with Crippen molar-refractivity contribution < 1.29 is 37.3 Å². The lowest BCUT2D eigenvalue weighted by Crippen LogP contribution is -2.47. The van der Waals surface area contributed by atoms with E-state index in [1.807, 2.05) is 33.3 Å². The summed E-state index contributed by atoms with van der Waals surface area (Å²) < 4.78 is 30.9. The fraction of sp³-hybridized carbons (Fsp3) is 0.744. The Morgan fingerprint density at radius 2 is 0.727 bits per heavy atom. The number of likely N-dealkylation sites (N-methyl/N-ethyl adjacent to an activating group) is 1. The van der Waals surface area contributed by atoms with Crippen LogP contribution in [0.5, 0.6) is 0 Å². The third kappa shape index (κ3) is 67.1. The van der Waals surface area contributed by atoms with E-state index in [0.717, 1.165) is 116 Å². The summed E-state index contributed by atoms with van der Waals surface area (Å²) >= 11 is 0. The van der Waals surface area contributed by atoms with Crippen molar-refractivity contribution in [3.05, 3.63) is 109 Å². The van der Waals surface area contributed by atoms with Crippen LogP contribution in [-0.4, -0.2) is 74.3 Å². The first-order valence-corrected chi connectivity index (χ1v) is 38.2. The lowest BCUT2D eigenvalue weighted by molar-refractivity contribution is -0.870. The molecule has 0 spiro atoms. The number of allylic oxidation sites excluding steroid dienone is 17. The van der Waals surface area contributed by atoms with E-state index in [2.05, 4.69) is 123 Å². The van der Waals surface area contributed by atoms with Gasteiger partial charge in [-0.25, -0.2) is 4.57 Å². The minimum Gasteiger partial charge on any atom is -0.456 e. The Bertz CT molecular complexity index is 1870.